The third kappa shape index (κ3) is 2.72. The SMILES string of the molecule is Nc1ccc(Cl)cc1/C(=N/O)C1CCCCC1. The van der Waals surface area contributed by atoms with Crippen LogP contribution in [0.25, 0.3) is 0 Å². The van der Waals surface area contributed by atoms with Gasteiger partial charge in [0.05, 0.1) is 5.71 Å². The summed E-state index contributed by atoms with van der Waals surface area (Å²) >= 11 is 5.96. The molecule has 0 atom stereocenters. The Kier molecular flexibility index (Phi) is 3.89. The van der Waals surface area contributed by atoms with Crippen LogP contribution >= 0.6 is 11.6 Å². The highest BCUT2D eigenvalue weighted by Crippen LogP contribution is 2.30. The van der Waals surface area contributed by atoms with Crippen molar-refractivity contribution in [1.82, 2.24) is 0 Å². The van der Waals surface area contributed by atoms with Crippen molar-refractivity contribution in [1.29, 1.82) is 0 Å². The molecule has 0 aromatic heterocycles. The fourth-order valence-corrected chi connectivity index (χ4v) is 2.65. The number of nitrogens with two attached hydrogens (primary N) is 1. The number of benzene rings is 1. The van der Waals surface area contributed by atoms with Gasteiger partial charge in [-0.15, -0.1) is 0 Å². The summed E-state index contributed by atoms with van der Waals surface area (Å²) in [6.07, 6.45) is 5.76. The second-order valence-electron chi connectivity index (χ2n) is 4.55. The Morgan fingerprint density at radius 1 is 1.29 bits per heavy atom. The number of nitrogens with zero attached hydrogens (tertiary/aromatic N) is 1. The number of anilines is 1. The molecule has 3 N–H and O–H groups in total. The van der Waals surface area contributed by atoms with Gasteiger partial charge >= 0.3 is 0 Å². The van der Waals surface area contributed by atoms with Gasteiger partial charge in [0.25, 0.3) is 0 Å². The summed E-state index contributed by atoms with van der Waals surface area (Å²) in [5, 5.41) is 13.3. The highest BCUT2D eigenvalue weighted by atomic mass is 35.5. The number of rotatable bonds is 2. The Bertz CT molecular complexity index is 425. The Balaban J connectivity index is 2.31. The highest BCUT2D eigenvalue weighted by Gasteiger charge is 2.22. The van der Waals surface area contributed by atoms with Crippen molar-refractivity contribution in [3.63, 3.8) is 0 Å². The van der Waals surface area contributed by atoms with Crippen LogP contribution < -0.4 is 5.73 Å². The van der Waals surface area contributed by atoms with E-state index in [9.17, 15) is 5.21 Å². The Labute approximate surface area is 106 Å². The van der Waals surface area contributed by atoms with Gasteiger partial charge in [0.2, 0.25) is 0 Å². The van der Waals surface area contributed by atoms with E-state index in [4.69, 9.17) is 17.3 Å². The van der Waals surface area contributed by atoms with Crippen molar-refractivity contribution < 1.29 is 5.21 Å². The van der Waals surface area contributed by atoms with Crippen LogP contribution in [0.1, 0.15) is 37.7 Å². The molecule has 3 nitrogen and oxygen atoms in total. The van der Waals surface area contributed by atoms with Crippen LogP contribution in [0.2, 0.25) is 5.02 Å². The Morgan fingerprint density at radius 3 is 2.65 bits per heavy atom. The molecule has 1 aromatic carbocycles. The zero-order chi connectivity index (χ0) is 12.3. The maximum atomic E-state index is 9.24. The molecular formula is C13H17ClN2O. The normalized spacial score (nSPS) is 18.3. The van der Waals surface area contributed by atoms with Gasteiger partial charge < -0.3 is 10.9 Å². The van der Waals surface area contributed by atoms with E-state index in [1.165, 1.54) is 19.3 Å². The van der Waals surface area contributed by atoms with Gasteiger partial charge in [-0.3, -0.25) is 0 Å². The van der Waals surface area contributed by atoms with Crippen molar-refractivity contribution in [2.75, 3.05) is 5.73 Å². The van der Waals surface area contributed by atoms with E-state index in [0.717, 1.165) is 18.4 Å². The first kappa shape index (κ1) is 12.2. The molecule has 0 bridgehead atoms. The van der Waals surface area contributed by atoms with Gasteiger partial charge in [-0.25, -0.2) is 0 Å². The van der Waals surface area contributed by atoms with Crippen LogP contribution in [0.4, 0.5) is 5.69 Å². The van der Waals surface area contributed by atoms with Gasteiger partial charge in [0, 0.05) is 22.2 Å². The first-order valence-electron chi connectivity index (χ1n) is 5.99. The van der Waals surface area contributed by atoms with Crippen molar-refractivity contribution in [3.05, 3.63) is 28.8 Å². The zero-order valence-electron chi connectivity index (χ0n) is 9.69. The minimum absolute atomic E-state index is 0.300. The molecule has 0 spiro atoms. The molecule has 0 saturated heterocycles. The lowest BCUT2D eigenvalue weighted by Gasteiger charge is -2.23. The maximum absolute atomic E-state index is 9.24. The molecular weight excluding hydrogens is 236 g/mol. The molecule has 0 amide bonds. The fourth-order valence-electron chi connectivity index (χ4n) is 2.48. The molecule has 2 rings (SSSR count). The molecule has 1 aliphatic carbocycles. The second-order valence-corrected chi connectivity index (χ2v) is 4.99. The molecule has 0 aliphatic heterocycles. The molecule has 1 saturated carbocycles. The monoisotopic (exact) mass is 252 g/mol. The topological polar surface area (TPSA) is 58.6 Å². The summed E-state index contributed by atoms with van der Waals surface area (Å²) in [5.41, 5.74) is 8.00. The first-order valence-corrected chi connectivity index (χ1v) is 6.37. The van der Waals surface area contributed by atoms with Crippen LogP contribution in [-0.4, -0.2) is 10.9 Å². The minimum Gasteiger partial charge on any atom is -0.411 e. The molecule has 0 heterocycles. The quantitative estimate of drug-likeness (QED) is 0.365. The van der Waals surface area contributed by atoms with Crippen LogP contribution in [0.15, 0.2) is 23.4 Å². The first-order chi connectivity index (χ1) is 8.22. The highest BCUT2D eigenvalue weighted by molar-refractivity contribution is 6.31. The molecule has 92 valence electrons. The smallest absolute Gasteiger partial charge is 0.0919 e. The standard InChI is InChI=1S/C13H17ClN2O/c14-10-6-7-12(15)11(8-10)13(16-17)9-4-2-1-3-5-9/h6-9,17H,1-5,15H2/b16-13+. The van der Waals surface area contributed by atoms with E-state index < -0.39 is 0 Å². The van der Waals surface area contributed by atoms with Gasteiger partial charge in [-0.05, 0) is 31.0 Å². The molecule has 1 fully saturated rings. The van der Waals surface area contributed by atoms with Crippen molar-refractivity contribution in [3.8, 4) is 0 Å². The van der Waals surface area contributed by atoms with Gasteiger partial charge in [0.15, 0.2) is 0 Å². The Morgan fingerprint density at radius 2 is 2.00 bits per heavy atom. The predicted molar refractivity (Wildman–Crippen MR) is 70.8 cm³/mol. The third-order valence-electron chi connectivity index (χ3n) is 3.39. The molecule has 1 aromatic rings. The predicted octanol–water partition coefficient (Wildman–Crippen LogP) is 3.68. The van der Waals surface area contributed by atoms with E-state index in [2.05, 4.69) is 5.16 Å². The molecule has 1 aliphatic rings. The van der Waals surface area contributed by atoms with Crippen molar-refractivity contribution >= 4 is 23.0 Å². The van der Waals surface area contributed by atoms with Crippen molar-refractivity contribution in [2.45, 2.75) is 32.1 Å². The largest absolute Gasteiger partial charge is 0.411 e. The summed E-state index contributed by atoms with van der Waals surface area (Å²) < 4.78 is 0. The number of hydrogen-bond donors (Lipinski definition) is 2. The van der Waals surface area contributed by atoms with Gasteiger partial charge in [0.1, 0.15) is 0 Å². The van der Waals surface area contributed by atoms with Gasteiger partial charge in [-0.2, -0.15) is 0 Å². The van der Waals surface area contributed by atoms with Crippen LogP contribution in [0.3, 0.4) is 0 Å². The number of nitrogen functional groups attached to an aromatic ring is 1. The number of halogens is 1. The summed E-state index contributed by atoms with van der Waals surface area (Å²) in [7, 11) is 0. The Hall–Kier alpha value is -1.22. The molecule has 0 radical (unpaired) electrons. The lowest BCUT2D eigenvalue weighted by Crippen LogP contribution is -2.20. The van der Waals surface area contributed by atoms with Gasteiger partial charge in [-0.1, -0.05) is 36.0 Å². The van der Waals surface area contributed by atoms with Crippen LogP contribution in [-0.2, 0) is 0 Å². The lowest BCUT2D eigenvalue weighted by atomic mass is 9.83. The average Bonchev–Trinajstić information content (AvgIpc) is 2.36. The third-order valence-corrected chi connectivity index (χ3v) is 3.63. The summed E-state index contributed by atoms with van der Waals surface area (Å²) in [5.74, 6) is 0.300. The summed E-state index contributed by atoms with van der Waals surface area (Å²) in [6, 6.07) is 5.28. The van der Waals surface area contributed by atoms with E-state index in [0.29, 0.717) is 22.3 Å². The number of hydrogen-bond acceptors (Lipinski definition) is 3. The second kappa shape index (κ2) is 5.41. The zero-order valence-corrected chi connectivity index (χ0v) is 10.5. The van der Waals surface area contributed by atoms with E-state index >= 15 is 0 Å². The lowest BCUT2D eigenvalue weighted by molar-refractivity contribution is 0.310. The minimum atomic E-state index is 0.300. The molecule has 4 heteroatoms. The van der Waals surface area contributed by atoms with E-state index in [1.807, 2.05) is 0 Å². The van der Waals surface area contributed by atoms with Crippen molar-refractivity contribution in [2.24, 2.45) is 11.1 Å². The average molecular weight is 253 g/mol. The molecule has 0 unspecified atom stereocenters. The van der Waals surface area contributed by atoms with Crippen LogP contribution in [0, 0.1) is 5.92 Å². The van der Waals surface area contributed by atoms with E-state index in [1.54, 1.807) is 18.2 Å². The van der Waals surface area contributed by atoms with E-state index in [-0.39, 0.29) is 0 Å². The summed E-state index contributed by atoms with van der Waals surface area (Å²) in [4.78, 5) is 0. The maximum Gasteiger partial charge on any atom is 0.0919 e. The fraction of sp³-hybridized carbons (Fsp3) is 0.462. The summed E-state index contributed by atoms with van der Waals surface area (Å²) in [6.45, 7) is 0. The van der Waals surface area contributed by atoms with Crippen LogP contribution in [0.5, 0.6) is 0 Å². The molecule has 17 heavy (non-hydrogen) atoms. The number of oxime groups is 1.